The largest absolute Gasteiger partial charge is 0.322 e. The van der Waals surface area contributed by atoms with Crippen molar-refractivity contribution in [2.24, 2.45) is 0 Å². The van der Waals surface area contributed by atoms with Gasteiger partial charge in [-0.3, -0.25) is 4.79 Å². The number of nitrogens with zero attached hydrogens (tertiary/aromatic N) is 2. The molecule has 0 fully saturated rings. The fourth-order valence-electron chi connectivity index (χ4n) is 2.93. The van der Waals surface area contributed by atoms with Crippen LogP contribution in [-0.4, -0.2) is 30.9 Å². The minimum atomic E-state index is -3.23. The molecular formula is C19H19N3O3S. The summed E-state index contributed by atoms with van der Waals surface area (Å²) in [4.78, 5) is 12.4. The Bertz CT molecular complexity index is 976. The zero-order valence-electron chi connectivity index (χ0n) is 14.4. The lowest BCUT2D eigenvalue weighted by Gasteiger charge is -2.28. The van der Waals surface area contributed by atoms with Gasteiger partial charge >= 0.3 is 0 Å². The number of carbonyl (C=O) groups is 1. The Labute approximate surface area is 153 Å². The minimum absolute atomic E-state index is 0.0808. The number of anilines is 1. The van der Waals surface area contributed by atoms with Gasteiger partial charge in [-0.1, -0.05) is 6.07 Å². The molecule has 0 bridgehead atoms. The van der Waals surface area contributed by atoms with Crippen molar-refractivity contribution in [1.29, 1.82) is 5.26 Å². The van der Waals surface area contributed by atoms with Crippen LogP contribution in [0.2, 0.25) is 0 Å². The standard InChI is InChI=1S/C19H19N3O3S/c1-2-26(24,25)22-10-9-15-7-8-18(11-17(15)13-22)21-19(23)16-5-3-14(12-20)4-6-16/h3-8,11H,2,9-10,13H2,1H3,(H,21,23). The zero-order valence-corrected chi connectivity index (χ0v) is 15.2. The van der Waals surface area contributed by atoms with Crippen molar-refractivity contribution in [2.75, 3.05) is 17.6 Å². The number of hydrogen-bond acceptors (Lipinski definition) is 4. The Morgan fingerprint density at radius 1 is 1.19 bits per heavy atom. The van der Waals surface area contributed by atoms with Gasteiger partial charge in [0.2, 0.25) is 10.0 Å². The van der Waals surface area contributed by atoms with Crippen molar-refractivity contribution in [3.05, 3.63) is 64.7 Å². The summed E-state index contributed by atoms with van der Waals surface area (Å²) in [5.41, 5.74) is 3.58. The van der Waals surface area contributed by atoms with Gasteiger partial charge in [0, 0.05) is 24.3 Å². The predicted molar refractivity (Wildman–Crippen MR) is 99.1 cm³/mol. The fourth-order valence-corrected chi connectivity index (χ4v) is 4.00. The second-order valence-corrected chi connectivity index (χ2v) is 8.37. The van der Waals surface area contributed by atoms with Crippen LogP contribution in [0.3, 0.4) is 0 Å². The highest BCUT2D eigenvalue weighted by Gasteiger charge is 2.25. The van der Waals surface area contributed by atoms with Crippen LogP contribution in [-0.2, 0) is 23.0 Å². The molecule has 0 saturated carbocycles. The summed E-state index contributed by atoms with van der Waals surface area (Å²) < 4.78 is 25.7. The molecule has 7 heteroatoms. The lowest BCUT2D eigenvalue weighted by molar-refractivity contribution is 0.102. The molecule has 1 amide bonds. The summed E-state index contributed by atoms with van der Waals surface area (Å²) in [6.07, 6.45) is 0.665. The summed E-state index contributed by atoms with van der Waals surface area (Å²) in [6.45, 7) is 2.45. The second kappa shape index (κ2) is 7.28. The highest BCUT2D eigenvalue weighted by Crippen LogP contribution is 2.25. The molecule has 0 spiro atoms. The van der Waals surface area contributed by atoms with Crippen LogP contribution in [0.25, 0.3) is 0 Å². The Morgan fingerprint density at radius 3 is 2.58 bits per heavy atom. The molecule has 1 heterocycles. The van der Waals surface area contributed by atoms with Gasteiger partial charge in [-0.15, -0.1) is 0 Å². The fraction of sp³-hybridized carbons (Fsp3) is 0.263. The second-order valence-electron chi connectivity index (χ2n) is 6.11. The highest BCUT2D eigenvalue weighted by atomic mass is 32.2. The van der Waals surface area contributed by atoms with Gasteiger partial charge in [-0.25, -0.2) is 8.42 Å². The van der Waals surface area contributed by atoms with Crippen LogP contribution >= 0.6 is 0 Å². The molecule has 1 N–H and O–H groups in total. The van der Waals surface area contributed by atoms with E-state index in [-0.39, 0.29) is 11.7 Å². The van der Waals surface area contributed by atoms with Crippen LogP contribution in [0.15, 0.2) is 42.5 Å². The van der Waals surface area contributed by atoms with Crippen LogP contribution in [0, 0.1) is 11.3 Å². The number of hydrogen-bond donors (Lipinski definition) is 1. The molecular weight excluding hydrogens is 350 g/mol. The molecule has 2 aromatic carbocycles. The van der Waals surface area contributed by atoms with Crippen molar-refractivity contribution >= 4 is 21.6 Å². The van der Waals surface area contributed by atoms with Crippen molar-refractivity contribution in [3.8, 4) is 6.07 Å². The molecule has 134 valence electrons. The van der Waals surface area contributed by atoms with E-state index in [9.17, 15) is 13.2 Å². The van der Waals surface area contributed by atoms with Gasteiger partial charge in [0.05, 0.1) is 17.4 Å². The van der Waals surface area contributed by atoms with Gasteiger partial charge in [0.15, 0.2) is 0 Å². The molecule has 3 rings (SSSR count). The third-order valence-electron chi connectivity index (χ3n) is 4.48. The number of fused-ring (bicyclic) bond motifs is 1. The molecule has 2 aromatic rings. The summed E-state index contributed by atoms with van der Waals surface area (Å²) in [6, 6.07) is 14.0. The van der Waals surface area contributed by atoms with Gasteiger partial charge in [-0.2, -0.15) is 9.57 Å². The highest BCUT2D eigenvalue weighted by molar-refractivity contribution is 7.89. The number of sulfonamides is 1. The summed E-state index contributed by atoms with van der Waals surface area (Å²) >= 11 is 0. The Kier molecular flexibility index (Phi) is 5.07. The lowest BCUT2D eigenvalue weighted by atomic mass is 10.0. The van der Waals surface area contributed by atoms with E-state index < -0.39 is 10.0 Å². The first-order chi connectivity index (χ1) is 12.4. The summed E-state index contributed by atoms with van der Waals surface area (Å²) in [7, 11) is -3.23. The Balaban J connectivity index is 1.77. The minimum Gasteiger partial charge on any atom is -0.322 e. The Morgan fingerprint density at radius 2 is 1.92 bits per heavy atom. The molecule has 0 atom stereocenters. The molecule has 0 saturated heterocycles. The summed E-state index contributed by atoms with van der Waals surface area (Å²) in [5, 5.41) is 11.6. The van der Waals surface area contributed by atoms with Crippen LogP contribution in [0.5, 0.6) is 0 Å². The number of benzene rings is 2. The third kappa shape index (κ3) is 3.77. The number of carbonyl (C=O) groups excluding carboxylic acids is 1. The van der Waals surface area contributed by atoms with Crippen molar-refractivity contribution < 1.29 is 13.2 Å². The molecule has 0 aliphatic carbocycles. The number of nitrogens with one attached hydrogen (secondary N) is 1. The third-order valence-corrected chi connectivity index (χ3v) is 6.30. The van der Waals surface area contributed by atoms with E-state index in [1.54, 1.807) is 31.2 Å². The quantitative estimate of drug-likeness (QED) is 0.897. The topological polar surface area (TPSA) is 90.3 Å². The van der Waals surface area contributed by atoms with Crippen molar-refractivity contribution in [3.63, 3.8) is 0 Å². The molecule has 0 unspecified atom stereocenters. The maximum atomic E-state index is 12.4. The maximum Gasteiger partial charge on any atom is 0.255 e. The van der Waals surface area contributed by atoms with Crippen LogP contribution in [0.4, 0.5) is 5.69 Å². The average molecular weight is 369 g/mol. The van der Waals surface area contributed by atoms with E-state index in [2.05, 4.69) is 5.32 Å². The Hall–Kier alpha value is -2.69. The van der Waals surface area contributed by atoms with Crippen LogP contribution in [0.1, 0.15) is 34.0 Å². The normalized spacial score (nSPS) is 14.3. The predicted octanol–water partition coefficient (Wildman–Crippen LogP) is 2.52. The number of rotatable bonds is 4. The van der Waals surface area contributed by atoms with Gasteiger partial charge in [0.25, 0.3) is 5.91 Å². The molecule has 26 heavy (non-hydrogen) atoms. The molecule has 1 aliphatic heterocycles. The molecule has 0 radical (unpaired) electrons. The molecule has 6 nitrogen and oxygen atoms in total. The SMILES string of the molecule is CCS(=O)(=O)N1CCc2ccc(NC(=O)c3ccc(C#N)cc3)cc2C1. The average Bonchev–Trinajstić information content (AvgIpc) is 2.67. The van der Waals surface area contributed by atoms with Crippen molar-refractivity contribution in [1.82, 2.24) is 4.31 Å². The summed E-state index contributed by atoms with van der Waals surface area (Å²) in [5.74, 6) is -0.194. The molecule has 0 aromatic heterocycles. The number of nitriles is 1. The first kappa shape index (κ1) is 18.1. The smallest absolute Gasteiger partial charge is 0.255 e. The van der Waals surface area contributed by atoms with Gasteiger partial charge in [0.1, 0.15) is 0 Å². The zero-order chi connectivity index (χ0) is 18.7. The molecule has 1 aliphatic rings. The first-order valence-electron chi connectivity index (χ1n) is 8.34. The van der Waals surface area contributed by atoms with E-state index in [0.717, 1.165) is 11.1 Å². The van der Waals surface area contributed by atoms with E-state index in [0.29, 0.717) is 36.3 Å². The first-order valence-corrected chi connectivity index (χ1v) is 9.95. The van der Waals surface area contributed by atoms with Gasteiger partial charge in [-0.05, 0) is 60.9 Å². The van der Waals surface area contributed by atoms with E-state index in [1.807, 2.05) is 24.3 Å². The van der Waals surface area contributed by atoms with Crippen LogP contribution < -0.4 is 5.32 Å². The lowest BCUT2D eigenvalue weighted by Crippen LogP contribution is -2.36. The van der Waals surface area contributed by atoms with E-state index in [4.69, 9.17) is 5.26 Å². The monoisotopic (exact) mass is 369 g/mol. The number of amides is 1. The van der Waals surface area contributed by atoms with E-state index >= 15 is 0 Å². The van der Waals surface area contributed by atoms with Gasteiger partial charge < -0.3 is 5.32 Å². The van der Waals surface area contributed by atoms with Crippen molar-refractivity contribution in [2.45, 2.75) is 19.9 Å². The van der Waals surface area contributed by atoms with E-state index in [1.165, 1.54) is 4.31 Å². The maximum absolute atomic E-state index is 12.4.